The third-order valence-electron chi connectivity index (χ3n) is 13.1. The second kappa shape index (κ2) is 19.0. The van der Waals surface area contributed by atoms with Gasteiger partial charge in [-0.25, -0.2) is 0 Å². The van der Waals surface area contributed by atoms with Gasteiger partial charge in [0.25, 0.3) is 0 Å². The summed E-state index contributed by atoms with van der Waals surface area (Å²) in [4.78, 5) is 13.2. The van der Waals surface area contributed by atoms with Crippen LogP contribution in [0.5, 0.6) is 46.0 Å². The number of rotatable bonds is 15. The first-order chi connectivity index (χ1) is 28.6. The second-order valence-corrected chi connectivity index (χ2v) is 17.0. The summed E-state index contributed by atoms with van der Waals surface area (Å²) in [6.07, 6.45) is 13.3. The maximum Gasteiger partial charge on any atom is 0.303 e. The van der Waals surface area contributed by atoms with E-state index in [-0.39, 0.29) is 24.3 Å². The lowest BCUT2D eigenvalue weighted by molar-refractivity contribution is -0.941. The van der Waals surface area contributed by atoms with E-state index in [0.717, 1.165) is 104 Å². The van der Waals surface area contributed by atoms with Gasteiger partial charge in [0.2, 0.25) is 5.75 Å². The molecule has 0 radical (unpaired) electrons. The fourth-order valence-corrected chi connectivity index (χ4v) is 9.59. The molecule has 4 aliphatic heterocycles. The number of aromatic hydroxyl groups is 1. The lowest BCUT2D eigenvalue weighted by Gasteiger charge is -2.46. The van der Waals surface area contributed by atoms with Crippen LogP contribution in [-0.2, 0) is 30.5 Å². The number of nitrogens with zero attached hydrogens (tertiary/aromatic N) is 2. The summed E-state index contributed by atoms with van der Waals surface area (Å²) in [7, 11) is 9.51. The molecule has 0 aliphatic carbocycles. The first-order valence-corrected chi connectivity index (χ1v) is 21.6. The number of phenols is 1. The highest BCUT2D eigenvalue weighted by Gasteiger charge is 2.43. The lowest BCUT2D eigenvalue weighted by atomic mass is 9.85. The minimum Gasteiger partial charge on any atom is -0.502 e. The molecule has 6 bridgehead atoms. The first-order valence-electron chi connectivity index (χ1n) is 21.6. The number of quaternary nitrogens is 1. The van der Waals surface area contributed by atoms with Gasteiger partial charge >= 0.3 is 5.97 Å². The van der Waals surface area contributed by atoms with E-state index in [1.807, 2.05) is 24.3 Å². The molecule has 0 saturated carbocycles. The number of fused-ring (bicyclic) bond motifs is 2. The van der Waals surface area contributed by atoms with Crippen molar-refractivity contribution in [1.29, 1.82) is 0 Å². The fourth-order valence-electron chi connectivity index (χ4n) is 9.59. The molecule has 2 N–H and O–H groups in total. The largest absolute Gasteiger partial charge is 0.502 e. The molecule has 316 valence electrons. The molecule has 0 fully saturated rings. The van der Waals surface area contributed by atoms with Crippen molar-refractivity contribution in [2.75, 3.05) is 55.1 Å². The Morgan fingerprint density at radius 1 is 0.746 bits per heavy atom. The van der Waals surface area contributed by atoms with Crippen LogP contribution in [0.2, 0.25) is 0 Å². The summed E-state index contributed by atoms with van der Waals surface area (Å²) in [5.41, 5.74) is 6.86. The molecule has 3 unspecified atom stereocenters. The minimum absolute atomic E-state index is 0.00574. The summed E-state index contributed by atoms with van der Waals surface area (Å²) >= 11 is 0. The Kier molecular flexibility index (Phi) is 13.6. The highest BCUT2D eigenvalue weighted by Crippen LogP contribution is 2.53. The van der Waals surface area contributed by atoms with Gasteiger partial charge < -0.3 is 38.4 Å². The SMILES string of the molecule is COc1ccc2cc1Oc1ccc(cc1)CC1c3cc(c(OC)cc3CCN1C)Oc1c(O)c(OC)cc3c1C(C2)[N+](C)(CCCCCCCCCCCC(=O)O)CC3. The Hall–Kier alpha value is -4.93. The van der Waals surface area contributed by atoms with Crippen molar-refractivity contribution >= 4 is 5.97 Å². The lowest BCUT2D eigenvalue weighted by Crippen LogP contribution is -2.52. The zero-order chi connectivity index (χ0) is 41.5. The van der Waals surface area contributed by atoms with E-state index >= 15 is 0 Å². The van der Waals surface area contributed by atoms with E-state index in [1.54, 1.807) is 21.3 Å². The molecule has 4 aromatic rings. The van der Waals surface area contributed by atoms with Gasteiger partial charge in [0, 0.05) is 31.8 Å². The van der Waals surface area contributed by atoms with E-state index in [9.17, 15) is 9.90 Å². The summed E-state index contributed by atoms with van der Waals surface area (Å²) in [5, 5.41) is 21.0. The summed E-state index contributed by atoms with van der Waals surface area (Å²) in [6, 6.07) is 20.9. The van der Waals surface area contributed by atoms with Crippen LogP contribution in [0.3, 0.4) is 0 Å². The molecule has 10 nitrogen and oxygen atoms in total. The summed E-state index contributed by atoms with van der Waals surface area (Å²) in [6.45, 7) is 2.84. The Balaban J connectivity index is 1.26. The van der Waals surface area contributed by atoms with Crippen LogP contribution in [0.4, 0.5) is 0 Å². The number of aliphatic carboxylic acids is 1. The van der Waals surface area contributed by atoms with E-state index in [0.29, 0.717) is 40.9 Å². The Labute approximate surface area is 350 Å². The van der Waals surface area contributed by atoms with Crippen molar-refractivity contribution in [2.45, 2.75) is 102 Å². The van der Waals surface area contributed by atoms with Crippen LogP contribution in [0.1, 0.15) is 110 Å². The van der Waals surface area contributed by atoms with E-state index in [1.165, 1.54) is 36.0 Å². The molecular weight excluding hydrogens is 745 g/mol. The van der Waals surface area contributed by atoms with Gasteiger partial charge in [0.1, 0.15) is 11.8 Å². The number of methoxy groups -OCH3 is 3. The number of hydrogen-bond acceptors (Lipinski definition) is 8. The molecule has 59 heavy (non-hydrogen) atoms. The third-order valence-corrected chi connectivity index (χ3v) is 13.1. The van der Waals surface area contributed by atoms with Gasteiger partial charge in [-0.05, 0) is 109 Å². The molecule has 8 rings (SSSR count). The van der Waals surface area contributed by atoms with E-state index in [2.05, 4.69) is 55.4 Å². The van der Waals surface area contributed by atoms with Gasteiger partial charge in [0.15, 0.2) is 34.5 Å². The average molecular weight is 808 g/mol. The molecule has 3 atom stereocenters. The van der Waals surface area contributed by atoms with Crippen molar-refractivity contribution in [3.63, 3.8) is 0 Å². The fraction of sp³-hybridized carbons (Fsp3) is 0.490. The van der Waals surface area contributed by atoms with Gasteiger partial charge in [-0.15, -0.1) is 0 Å². The molecule has 4 aliphatic rings. The number of benzene rings is 4. The maximum atomic E-state index is 12.1. The van der Waals surface area contributed by atoms with E-state index < -0.39 is 5.97 Å². The predicted octanol–water partition coefficient (Wildman–Crippen LogP) is 10.4. The van der Waals surface area contributed by atoms with Crippen molar-refractivity contribution < 1.29 is 43.2 Å². The highest BCUT2D eigenvalue weighted by molar-refractivity contribution is 5.66. The predicted molar refractivity (Wildman–Crippen MR) is 230 cm³/mol. The van der Waals surface area contributed by atoms with Crippen LogP contribution < -0.4 is 23.7 Å². The summed E-state index contributed by atoms with van der Waals surface area (Å²) in [5.74, 6) is 3.42. The first kappa shape index (κ1) is 42.2. The van der Waals surface area contributed by atoms with Gasteiger partial charge in [-0.1, -0.05) is 56.7 Å². The summed E-state index contributed by atoms with van der Waals surface area (Å²) < 4.78 is 32.1. The van der Waals surface area contributed by atoms with Crippen molar-refractivity contribution in [2.24, 2.45) is 0 Å². The molecule has 0 aromatic heterocycles. The van der Waals surface area contributed by atoms with Crippen LogP contribution in [-0.4, -0.2) is 80.6 Å². The zero-order valence-corrected chi connectivity index (χ0v) is 35.7. The van der Waals surface area contributed by atoms with Crippen LogP contribution in [0, 0.1) is 0 Å². The molecule has 10 heteroatoms. The number of carbonyl (C=O) groups is 1. The number of phenolic OH excluding ortho intramolecular Hbond substituents is 1. The zero-order valence-electron chi connectivity index (χ0n) is 35.7. The van der Waals surface area contributed by atoms with Crippen molar-refractivity contribution in [3.8, 4) is 46.0 Å². The number of hydrogen-bond donors (Lipinski definition) is 2. The normalized spacial score (nSPS) is 19.7. The Bertz CT molecular complexity index is 2080. The Morgan fingerprint density at radius 2 is 1.39 bits per heavy atom. The number of carboxylic acids is 1. The molecular formula is C49H63N2O8+. The van der Waals surface area contributed by atoms with Crippen molar-refractivity contribution in [1.82, 2.24) is 4.90 Å². The van der Waals surface area contributed by atoms with Gasteiger partial charge in [-0.2, -0.15) is 0 Å². The average Bonchev–Trinajstić information content (AvgIpc) is 3.23. The van der Waals surface area contributed by atoms with Gasteiger partial charge in [-0.3, -0.25) is 9.69 Å². The smallest absolute Gasteiger partial charge is 0.303 e. The second-order valence-electron chi connectivity index (χ2n) is 17.0. The maximum absolute atomic E-state index is 12.1. The minimum atomic E-state index is -0.703. The third kappa shape index (κ3) is 9.60. The topological polar surface area (TPSA) is 107 Å². The standard InChI is InChI=1S/C49H62N2O8/c1-50-24-22-35-30-42(56-4)44-32-38(35)39(50)27-33-16-19-37(20-17-33)58-43-29-34(18-21-41(43)55-3)28-40-47-36(31-45(57-5)48(54)49(47)59-44)23-26-51(40,2)25-14-12-10-8-6-7-9-11-13-15-46(52)53/h16-21,29-32,39-40H,6-15,22-28H2,1-5H3,(H-,52,53,54)/p+1. The molecule has 4 heterocycles. The Morgan fingerprint density at radius 3 is 2.08 bits per heavy atom. The number of likely N-dealkylation sites (N-methyl/N-ethyl adjacent to an activating group) is 2. The van der Waals surface area contributed by atoms with Crippen molar-refractivity contribution in [3.05, 3.63) is 94.0 Å². The van der Waals surface area contributed by atoms with Gasteiger partial charge in [0.05, 0.1) is 47.0 Å². The molecule has 4 aromatic carbocycles. The van der Waals surface area contributed by atoms with Crippen LogP contribution in [0.25, 0.3) is 0 Å². The molecule has 0 spiro atoms. The molecule has 0 amide bonds. The van der Waals surface area contributed by atoms with Crippen LogP contribution in [0.15, 0.2) is 60.7 Å². The number of unbranched alkanes of at least 4 members (excludes halogenated alkanes) is 8. The number of ether oxygens (including phenoxy) is 5. The number of carboxylic acid groups (broad SMARTS) is 1. The quantitative estimate of drug-likeness (QED) is 0.0897. The highest BCUT2D eigenvalue weighted by atomic mass is 16.5. The molecule has 0 saturated heterocycles. The monoisotopic (exact) mass is 807 g/mol. The van der Waals surface area contributed by atoms with E-state index in [4.69, 9.17) is 28.8 Å². The van der Waals surface area contributed by atoms with Crippen LogP contribution >= 0.6 is 0 Å².